The Hall–Kier alpha value is -4.17. The molecule has 2 atom stereocenters. The van der Waals surface area contributed by atoms with Crippen LogP contribution in [0.5, 0.6) is 0 Å². The van der Waals surface area contributed by atoms with Crippen molar-refractivity contribution in [3.63, 3.8) is 0 Å². The highest BCUT2D eigenvalue weighted by Crippen LogP contribution is 2.45. The van der Waals surface area contributed by atoms with Crippen molar-refractivity contribution in [2.24, 2.45) is 5.92 Å². The van der Waals surface area contributed by atoms with Gasteiger partial charge in [-0.2, -0.15) is 0 Å². The summed E-state index contributed by atoms with van der Waals surface area (Å²) in [6, 6.07) is 20.7. The quantitative estimate of drug-likeness (QED) is 0.410. The monoisotopic (exact) mass is 515 g/mol. The maximum Gasteiger partial charge on any atom is 0.411 e. The van der Waals surface area contributed by atoms with Gasteiger partial charge < -0.3 is 20.5 Å². The van der Waals surface area contributed by atoms with Gasteiger partial charge in [0.15, 0.2) is 6.10 Å². The zero-order valence-electron chi connectivity index (χ0n) is 22.0. The Morgan fingerprint density at radius 2 is 1.42 bits per heavy atom. The average molecular weight is 516 g/mol. The lowest BCUT2D eigenvalue weighted by molar-refractivity contribution is -0.130. The van der Waals surface area contributed by atoms with Crippen LogP contribution in [0.1, 0.15) is 43.6 Å². The molecule has 0 saturated carbocycles. The van der Waals surface area contributed by atoms with Gasteiger partial charge >= 0.3 is 6.09 Å². The van der Waals surface area contributed by atoms with Crippen LogP contribution in [-0.2, 0) is 20.9 Å². The molecule has 1 aliphatic rings. The van der Waals surface area contributed by atoms with Gasteiger partial charge in [-0.25, -0.2) is 4.79 Å². The highest BCUT2D eigenvalue weighted by molar-refractivity contribution is 5.98. The van der Waals surface area contributed by atoms with Gasteiger partial charge in [-0.15, -0.1) is 0 Å². The molecule has 0 spiro atoms. The summed E-state index contributed by atoms with van der Waals surface area (Å²) in [5.74, 6) is -1.09. The van der Waals surface area contributed by atoms with Gasteiger partial charge in [0.05, 0.1) is 6.61 Å². The largest absolute Gasteiger partial charge is 0.436 e. The molecular formula is C30H33N3O5. The molecule has 3 N–H and O–H groups in total. The minimum absolute atomic E-state index is 0.0903. The number of nitrogens with zero attached hydrogens (tertiary/aromatic N) is 1. The lowest BCUT2D eigenvalue weighted by Gasteiger charge is -2.31. The van der Waals surface area contributed by atoms with Crippen molar-refractivity contribution in [3.05, 3.63) is 89.5 Å². The number of likely N-dealkylation sites (N-methyl/N-ethyl adjacent to an activating group) is 1. The van der Waals surface area contributed by atoms with E-state index in [1.807, 2.05) is 62.4 Å². The Morgan fingerprint density at radius 3 is 1.95 bits per heavy atom. The van der Waals surface area contributed by atoms with E-state index in [9.17, 15) is 19.5 Å². The van der Waals surface area contributed by atoms with E-state index in [4.69, 9.17) is 4.74 Å². The minimum atomic E-state index is -0.853. The molecule has 38 heavy (non-hydrogen) atoms. The summed E-state index contributed by atoms with van der Waals surface area (Å²) in [4.78, 5) is 40.5. The molecular weight excluding hydrogens is 482 g/mol. The second-order valence-corrected chi connectivity index (χ2v) is 9.81. The van der Waals surface area contributed by atoms with Crippen molar-refractivity contribution >= 4 is 23.6 Å². The van der Waals surface area contributed by atoms with Crippen molar-refractivity contribution in [2.75, 3.05) is 12.4 Å². The van der Waals surface area contributed by atoms with Crippen LogP contribution >= 0.6 is 0 Å². The SMILES string of the molecule is CC(NC(=O)C(C(C)C)N(C)C(=O)OC1c2ccccc2-c2ccccc21)C(=O)Nc1ccc(CO)cc1. The Labute approximate surface area is 222 Å². The van der Waals surface area contributed by atoms with E-state index in [-0.39, 0.29) is 12.5 Å². The fourth-order valence-corrected chi connectivity index (χ4v) is 4.77. The zero-order chi connectivity index (χ0) is 27.4. The Kier molecular flexibility index (Phi) is 8.12. The third-order valence-corrected chi connectivity index (χ3v) is 6.76. The van der Waals surface area contributed by atoms with Gasteiger partial charge in [0.1, 0.15) is 12.1 Å². The third-order valence-electron chi connectivity index (χ3n) is 6.76. The number of benzene rings is 3. The molecule has 8 nitrogen and oxygen atoms in total. The number of hydrogen-bond acceptors (Lipinski definition) is 5. The highest BCUT2D eigenvalue weighted by atomic mass is 16.6. The number of rotatable bonds is 8. The molecule has 8 heteroatoms. The minimum Gasteiger partial charge on any atom is -0.436 e. The molecule has 0 aromatic heterocycles. The predicted molar refractivity (Wildman–Crippen MR) is 145 cm³/mol. The summed E-state index contributed by atoms with van der Waals surface area (Å²) in [5.41, 5.74) is 5.12. The molecule has 3 amide bonds. The van der Waals surface area contributed by atoms with E-state index < -0.39 is 36.1 Å². The topological polar surface area (TPSA) is 108 Å². The van der Waals surface area contributed by atoms with Crippen LogP contribution in [0.15, 0.2) is 72.8 Å². The second-order valence-electron chi connectivity index (χ2n) is 9.81. The molecule has 0 fully saturated rings. The van der Waals surface area contributed by atoms with Crippen LogP contribution in [0.2, 0.25) is 0 Å². The second kappa shape index (κ2) is 11.5. The van der Waals surface area contributed by atoms with Crippen molar-refractivity contribution in [2.45, 2.75) is 45.6 Å². The maximum absolute atomic E-state index is 13.3. The molecule has 3 aromatic rings. The van der Waals surface area contributed by atoms with E-state index in [0.29, 0.717) is 5.69 Å². The number of carbonyl (C=O) groups is 3. The number of fused-ring (bicyclic) bond motifs is 3. The van der Waals surface area contributed by atoms with Crippen LogP contribution in [0.25, 0.3) is 11.1 Å². The summed E-state index contributed by atoms with van der Waals surface area (Å²) in [6.45, 7) is 5.16. The number of ether oxygens (including phenoxy) is 1. The van der Waals surface area contributed by atoms with Crippen LogP contribution in [0.3, 0.4) is 0 Å². The molecule has 2 unspecified atom stereocenters. The van der Waals surface area contributed by atoms with Crippen LogP contribution < -0.4 is 10.6 Å². The van der Waals surface area contributed by atoms with Crippen molar-refractivity contribution in [3.8, 4) is 11.1 Å². The number of aliphatic hydroxyl groups is 1. The molecule has 0 radical (unpaired) electrons. The van der Waals surface area contributed by atoms with Gasteiger partial charge in [0.25, 0.3) is 0 Å². The van der Waals surface area contributed by atoms with Crippen LogP contribution in [0.4, 0.5) is 10.5 Å². The van der Waals surface area contributed by atoms with Crippen LogP contribution in [0, 0.1) is 5.92 Å². The molecule has 198 valence electrons. The fraction of sp³-hybridized carbons (Fsp3) is 0.300. The zero-order valence-corrected chi connectivity index (χ0v) is 22.0. The van der Waals surface area contributed by atoms with Crippen LogP contribution in [-0.4, -0.2) is 47.0 Å². The fourth-order valence-electron chi connectivity index (χ4n) is 4.77. The summed E-state index contributed by atoms with van der Waals surface area (Å²) in [7, 11) is 1.53. The number of carbonyl (C=O) groups excluding carboxylic acids is 3. The third kappa shape index (κ3) is 5.55. The lowest BCUT2D eigenvalue weighted by atomic mass is 10.0. The first kappa shape index (κ1) is 26.9. The number of hydrogen-bond donors (Lipinski definition) is 3. The van der Waals surface area contributed by atoms with Gasteiger partial charge in [-0.1, -0.05) is 74.5 Å². The number of nitrogens with one attached hydrogen (secondary N) is 2. The van der Waals surface area contributed by atoms with Crippen molar-refractivity contribution < 1.29 is 24.2 Å². The van der Waals surface area contributed by atoms with Gasteiger partial charge in [-0.3, -0.25) is 14.5 Å². The molecule has 1 aliphatic carbocycles. The summed E-state index contributed by atoms with van der Waals surface area (Å²) >= 11 is 0. The molecule has 4 rings (SSSR count). The maximum atomic E-state index is 13.3. The van der Waals surface area contributed by atoms with Gasteiger partial charge in [0, 0.05) is 23.9 Å². The predicted octanol–water partition coefficient (Wildman–Crippen LogP) is 4.49. The number of anilines is 1. The van der Waals surface area contributed by atoms with E-state index in [2.05, 4.69) is 10.6 Å². The first-order valence-corrected chi connectivity index (χ1v) is 12.6. The van der Waals surface area contributed by atoms with E-state index in [1.165, 1.54) is 11.9 Å². The highest BCUT2D eigenvalue weighted by Gasteiger charge is 2.36. The normalized spacial score (nSPS) is 13.7. The Morgan fingerprint density at radius 1 is 0.868 bits per heavy atom. The standard InChI is InChI=1S/C30H33N3O5/c1-18(2)26(29(36)31-19(3)28(35)32-21-15-13-20(17-34)14-16-21)33(4)30(37)38-27-24-11-7-5-9-22(24)23-10-6-8-12-25(23)27/h5-16,18-19,26-27,34H,17H2,1-4H3,(H,31,36)(H,32,35). The Balaban J connectivity index is 1.43. The molecule has 3 aromatic carbocycles. The number of amides is 3. The first-order valence-electron chi connectivity index (χ1n) is 12.6. The van der Waals surface area contributed by atoms with Gasteiger partial charge in [0.2, 0.25) is 11.8 Å². The van der Waals surface area contributed by atoms with Crippen molar-refractivity contribution in [1.29, 1.82) is 0 Å². The summed E-state index contributed by atoms with van der Waals surface area (Å²) in [5, 5.41) is 14.6. The molecule has 0 heterocycles. The lowest BCUT2D eigenvalue weighted by Crippen LogP contribution is -2.54. The van der Waals surface area contributed by atoms with E-state index in [0.717, 1.165) is 27.8 Å². The molecule has 0 aliphatic heterocycles. The van der Waals surface area contributed by atoms with Gasteiger partial charge in [-0.05, 0) is 41.7 Å². The first-order chi connectivity index (χ1) is 18.2. The molecule has 0 bridgehead atoms. The van der Waals surface area contributed by atoms with E-state index in [1.54, 1.807) is 31.2 Å². The Bertz CT molecular complexity index is 1280. The van der Waals surface area contributed by atoms with Crippen molar-refractivity contribution in [1.82, 2.24) is 10.2 Å². The summed E-state index contributed by atoms with van der Waals surface area (Å²) < 4.78 is 5.97. The number of aliphatic hydroxyl groups excluding tert-OH is 1. The smallest absolute Gasteiger partial charge is 0.411 e. The van der Waals surface area contributed by atoms with E-state index >= 15 is 0 Å². The average Bonchev–Trinajstić information content (AvgIpc) is 3.22. The molecule has 0 saturated heterocycles. The summed E-state index contributed by atoms with van der Waals surface area (Å²) in [6.07, 6.45) is -1.20.